The molecule has 3 aromatic rings. The van der Waals surface area contributed by atoms with Gasteiger partial charge in [-0.05, 0) is 36.4 Å². The first-order chi connectivity index (χ1) is 8.25. The average Bonchev–Trinajstić information content (AvgIpc) is 2.97. The predicted molar refractivity (Wildman–Crippen MR) is 73.1 cm³/mol. The fourth-order valence-electron chi connectivity index (χ4n) is 2.05. The van der Waals surface area contributed by atoms with Crippen LogP contribution in [0, 0.1) is 0 Å². The van der Waals surface area contributed by atoms with Gasteiger partial charge in [0.1, 0.15) is 0 Å². The summed E-state index contributed by atoms with van der Waals surface area (Å²) in [6.07, 6.45) is 4.16. The third-order valence-electron chi connectivity index (χ3n) is 3.00. The van der Waals surface area contributed by atoms with Gasteiger partial charge in [-0.15, -0.1) is 11.3 Å². The standard InChI is InChI=1S/C14H14N2S/c1-15-9-3-5-11(15)13-7-8-14(17-13)12-6-4-10-16(12)2/h3-10H,1-2H3. The van der Waals surface area contributed by atoms with E-state index >= 15 is 0 Å². The molecular formula is C14H14N2S. The smallest absolute Gasteiger partial charge is 0.0579 e. The van der Waals surface area contributed by atoms with Crippen molar-refractivity contribution in [1.29, 1.82) is 0 Å². The monoisotopic (exact) mass is 242 g/mol. The quantitative estimate of drug-likeness (QED) is 0.647. The zero-order chi connectivity index (χ0) is 11.8. The molecule has 0 amide bonds. The van der Waals surface area contributed by atoms with Crippen molar-refractivity contribution < 1.29 is 0 Å². The summed E-state index contributed by atoms with van der Waals surface area (Å²) in [6.45, 7) is 0. The zero-order valence-corrected chi connectivity index (χ0v) is 10.7. The van der Waals surface area contributed by atoms with Gasteiger partial charge in [-0.3, -0.25) is 0 Å². The highest BCUT2D eigenvalue weighted by atomic mass is 32.1. The minimum absolute atomic E-state index is 1.27. The normalized spacial score (nSPS) is 10.9. The molecule has 3 heteroatoms. The molecular weight excluding hydrogens is 228 g/mol. The summed E-state index contributed by atoms with van der Waals surface area (Å²) in [5.74, 6) is 0. The molecule has 0 saturated heterocycles. The molecule has 2 nitrogen and oxygen atoms in total. The Hall–Kier alpha value is -1.74. The van der Waals surface area contributed by atoms with Crippen LogP contribution in [0.3, 0.4) is 0 Å². The van der Waals surface area contributed by atoms with Crippen LogP contribution < -0.4 is 0 Å². The Morgan fingerprint density at radius 2 is 1.24 bits per heavy atom. The van der Waals surface area contributed by atoms with E-state index in [4.69, 9.17) is 0 Å². The number of aromatic nitrogens is 2. The summed E-state index contributed by atoms with van der Waals surface area (Å²) in [7, 11) is 4.16. The first-order valence-corrected chi connectivity index (χ1v) is 6.40. The summed E-state index contributed by atoms with van der Waals surface area (Å²) in [4.78, 5) is 2.63. The number of hydrogen-bond donors (Lipinski definition) is 0. The number of hydrogen-bond acceptors (Lipinski definition) is 1. The summed E-state index contributed by atoms with van der Waals surface area (Å²) >= 11 is 1.83. The predicted octanol–water partition coefficient (Wildman–Crippen LogP) is 3.76. The lowest BCUT2D eigenvalue weighted by Gasteiger charge is -2.00. The van der Waals surface area contributed by atoms with E-state index < -0.39 is 0 Å². The molecule has 0 fully saturated rings. The second kappa shape index (κ2) is 3.93. The Morgan fingerprint density at radius 3 is 1.59 bits per heavy atom. The van der Waals surface area contributed by atoms with E-state index in [2.05, 4.69) is 72.0 Å². The van der Waals surface area contributed by atoms with Crippen molar-refractivity contribution in [1.82, 2.24) is 9.13 Å². The molecule has 0 aromatic carbocycles. The van der Waals surface area contributed by atoms with Crippen LogP contribution in [0.4, 0.5) is 0 Å². The van der Waals surface area contributed by atoms with E-state index in [-0.39, 0.29) is 0 Å². The number of thiophene rings is 1. The third kappa shape index (κ3) is 1.72. The molecule has 0 spiro atoms. The second-order valence-corrected chi connectivity index (χ2v) is 5.26. The first-order valence-electron chi connectivity index (χ1n) is 5.59. The van der Waals surface area contributed by atoms with Crippen LogP contribution in [0.5, 0.6) is 0 Å². The fourth-order valence-corrected chi connectivity index (χ4v) is 3.19. The van der Waals surface area contributed by atoms with Gasteiger partial charge in [0.15, 0.2) is 0 Å². The highest BCUT2D eigenvalue weighted by molar-refractivity contribution is 7.18. The lowest BCUT2D eigenvalue weighted by Crippen LogP contribution is -1.86. The molecule has 0 aliphatic carbocycles. The molecule has 3 aromatic heterocycles. The molecule has 0 saturated carbocycles. The molecule has 0 N–H and O–H groups in total. The van der Waals surface area contributed by atoms with Gasteiger partial charge in [0.05, 0.1) is 21.1 Å². The van der Waals surface area contributed by atoms with Crippen LogP contribution in [0.1, 0.15) is 0 Å². The van der Waals surface area contributed by atoms with E-state index in [1.54, 1.807) is 0 Å². The fraction of sp³-hybridized carbons (Fsp3) is 0.143. The summed E-state index contributed by atoms with van der Waals surface area (Å²) in [5.41, 5.74) is 2.55. The molecule has 0 radical (unpaired) electrons. The zero-order valence-electron chi connectivity index (χ0n) is 9.92. The lowest BCUT2D eigenvalue weighted by atomic mass is 10.3. The van der Waals surface area contributed by atoms with Crippen molar-refractivity contribution in [2.24, 2.45) is 14.1 Å². The Bertz CT molecular complexity index is 588. The van der Waals surface area contributed by atoms with Crippen LogP contribution in [0.25, 0.3) is 21.1 Å². The van der Waals surface area contributed by atoms with Crippen LogP contribution >= 0.6 is 11.3 Å². The SMILES string of the molecule is Cn1cccc1-c1ccc(-c2cccn2C)s1. The summed E-state index contributed by atoms with van der Waals surface area (Å²) in [5, 5.41) is 0. The molecule has 0 aliphatic rings. The molecule has 3 heterocycles. The second-order valence-electron chi connectivity index (χ2n) is 4.17. The lowest BCUT2D eigenvalue weighted by molar-refractivity contribution is 0.939. The van der Waals surface area contributed by atoms with Gasteiger partial charge < -0.3 is 9.13 Å². The van der Waals surface area contributed by atoms with Crippen molar-refractivity contribution in [2.45, 2.75) is 0 Å². The maximum atomic E-state index is 2.20. The Kier molecular flexibility index (Phi) is 2.41. The molecule has 3 rings (SSSR count). The average molecular weight is 242 g/mol. The third-order valence-corrected chi connectivity index (χ3v) is 4.13. The van der Waals surface area contributed by atoms with Gasteiger partial charge in [-0.25, -0.2) is 0 Å². The molecule has 17 heavy (non-hydrogen) atoms. The van der Waals surface area contributed by atoms with E-state index in [0.717, 1.165) is 0 Å². The molecule has 0 aliphatic heterocycles. The van der Waals surface area contributed by atoms with Gasteiger partial charge in [0.25, 0.3) is 0 Å². The van der Waals surface area contributed by atoms with Crippen LogP contribution in [-0.4, -0.2) is 9.13 Å². The minimum Gasteiger partial charge on any atom is -0.350 e. The molecule has 0 unspecified atom stereocenters. The van der Waals surface area contributed by atoms with Crippen molar-refractivity contribution in [3.05, 3.63) is 48.8 Å². The Labute approximate surface area is 105 Å². The number of rotatable bonds is 2. The van der Waals surface area contributed by atoms with Gasteiger partial charge in [-0.1, -0.05) is 0 Å². The largest absolute Gasteiger partial charge is 0.350 e. The van der Waals surface area contributed by atoms with Crippen molar-refractivity contribution in [2.75, 3.05) is 0 Å². The van der Waals surface area contributed by atoms with Crippen LogP contribution in [0.15, 0.2) is 48.8 Å². The van der Waals surface area contributed by atoms with E-state index in [1.165, 1.54) is 21.1 Å². The topological polar surface area (TPSA) is 9.86 Å². The summed E-state index contributed by atoms with van der Waals surface area (Å²) < 4.78 is 4.31. The van der Waals surface area contributed by atoms with E-state index in [9.17, 15) is 0 Å². The number of nitrogens with zero attached hydrogens (tertiary/aromatic N) is 2. The van der Waals surface area contributed by atoms with Crippen molar-refractivity contribution in [3.8, 4) is 21.1 Å². The van der Waals surface area contributed by atoms with Gasteiger partial charge in [-0.2, -0.15) is 0 Å². The molecule has 0 atom stereocenters. The minimum atomic E-state index is 1.27. The first kappa shape index (κ1) is 10.4. The van der Waals surface area contributed by atoms with Gasteiger partial charge in [0, 0.05) is 26.5 Å². The highest BCUT2D eigenvalue weighted by Gasteiger charge is 2.08. The molecule has 86 valence electrons. The van der Waals surface area contributed by atoms with Gasteiger partial charge in [0.2, 0.25) is 0 Å². The number of aryl methyl sites for hydroxylation is 2. The highest BCUT2D eigenvalue weighted by Crippen LogP contribution is 2.34. The van der Waals surface area contributed by atoms with Crippen LogP contribution in [0.2, 0.25) is 0 Å². The maximum absolute atomic E-state index is 2.20. The Morgan fingerprint density at radius 1 is 0.765 bits per heavy atom. The van der Waals surface area contributed by atoms with Crippen LogP contribution in [-0.2, 0) is 14.1 Å². The van der Waals surface area contributed by atoms with Gasteiger partial charge >= 0.3 is 0 Å². The van der Waals surface area contributed by atoms with Crippen molar-refractivity contribution in [3.63, 3.8) is 0 Å². The molecule has 0 bridgehead atoms. The van der Waals surface area contributed by atoms with E-state index in [1.807, 2.05) is 11.3 Å². The van der Waals surface area contributed by atoms with Crippen molar-refractivity contribution >= 4 is 11.3 Å². The van der Waals surface area contributed by atoms with E-state index in [0.29, 0.717) is 0 Å². The Balaban J connectivity index is 2.05. The summed E-state index contributed by atoms with van der Waals surface area (Å²) in [6, 6.07) is 12.9. The maximum Gasteiger partial charge on any atom is 0.0579 e.